The third kappa shape index (κ3) is 4.71. The number of ether oxygens (including phenoxy) is 1. The highest BCUT2D eigenvalue weighted by Crippen LogP contribution is 2.20. The van der Waals surface area contributed by atoms with E-state index in [1.165, 1.54) is 0 Å². The second-order valence-corrected chi connectivity index (χ2v) is 5.92. The van der Waals surface area contributed by atoms with Gasteiger partial charge in [0.15, 0.2) is 11.8 Å². The molecule has 0 spiro atoms. The highest BCUT2D eigenvalue weighted by atomic mass is 16.5. The summed E-state index contributed by atoms with van der Waals surface area (Å²) in [5.74, 6) is 2.82. The van der Waals surface area contributed by atoms with Crippen LogP contribution in [0.2, 0.25) is 0 Å². The molecule has 0 N–H and O–H groups in total. The summed E-state index contributed by atoms with van der Waals surface area (Å²) in [5.41, 5.74) is 0.284. The average molecular weight is 254 g/mol. The van der Waals surface area contributed by atoms with Crippen molar-refractivity contribution in [1.82, 2.24) is 9.80 Å². The summed E-state index contributed by atoms with van der Waals surface area (Å²) >= 11 is 0. The van der Waals surface area contributed by atoms with Gasteiger partial charge in [-0.25, -0.2) is 4.79 Å². The molecule has 0 aromatic heterocycles. The molecule has 0 aromatic rings. The third-order valence-electron chi connectivity index (χ3n) is 3.21. The summed E-state index contributed by atoms with van der Waals surface area (Å²) < 4.78 is 5.32. The molecule has 0 unspecified atom stereocenters. The van der Waals surface area contributed by atoms with Gasteiger partial charge >= 0.3 is 0 Å². The Morgan fingerprint density at radius 1 is 1.33 bits per heavy atom. The molecule has 4 heteroatoms. The first-order valence-electron chi connectivity index (χ1n) is 6.80. The molecule has 0 bridgehead atoms. The van der Waals surface area contributed by atoms with E-state index in [1.54, 1.807) is 0 Å². The van der Waals surface area contributed by atoms with Crippen molar-refractivity contribution in [3.8, 4) is 0 Å². The lowest BCUT2D eigenvalue weighted by molar-refractivity contribution is 0.0382. The smallest absolute Gasteiger partial charge is 0.191 e. The van der Waals surface area contributed by atoms with Crippen LogP contribution in [0.15, 0.2) is 5.82 Å². The van der Waals surface area contributed by atoms with Crippen LogP contribution in [0.25, 0.3) is 0 Å². The fourth-order valence-electron chi connectivity index (χ4n) is 1.99. The zero-order valence-corrected chi connectivity index (χ0v) is 12.2. The SMILES string of the molecule is CCN(CCC(C)(C)C)C(=C=O)N1CCOCC1. The molecule has 0 saturated carbocycles. The molecule has 0 radical (unpaired) electrons. The zero-order chi connectivity index (χ0) is 13.6. The summed E-state index contributed by atoms with van der Waals surface area (Å²) in [6.45, 7) is 13.5. The molecule has 4 nitrogen and oxygen atoms in total. The van der Waals surface area contributed by atoms with Gasteiger partial charge in [-0.2, -0.15) is 0 Å². The van der Waals surface area contributed by atoms with Gasteiger partial charge in [0, 0.05) is 26.2 Å². The van der Waals surface area contributed by atoms with E-state index in [0.29, 0.717) is 19.0 Å². The molecule has 1 heterocycles. The number of nitrogens with zero attached hydrogens (tertiary/aromatic N) is 2. The van der Waals surface area contributed by atoms with Crippen LogP contribution in [0.1, 0.15) is 34.1 Å². The molecule has 104 valence electrons. The van der Waals surface area contributed by atoms with Crippen molar-refractivity contribution < 1.29 is 9.53 Å². The van der Waals surface area contributed by atoms with Crippen LogP contribution in [0.3, 0.4) is 0 Å². The molecule has 1 rings (SSSR count). The van der Waals surface area contributed by atoms with Crippen molar-refractivity contribution in [3.63, 3.8) is 0 Å². The fraction of sp³-hybridized carbons (Fsp3) is 0.857. The Kier molecular flexibility index (Phi) is 5.70. The Morgan fingerprint density at radius 3 is 2.39 bits per heavy atom. The van der Waals surface area contributed by atoms with Crippen molar-refractivity contribution >= 4 is 5.94 Å². The van der Waals surface area contributed by atoms with Crippen LogP contribution in [-0.2, 0) is 9.53 Å². The van der Waals surface area contributed by atoms with Crippen LogP contribution in [0.5, 0.6) is 0 Å². The van der Waals surface area contributed by atoms with Gasteiger partial charge in [0.25, 0.3) is 0 Å². The van der Waals surface area contributed by atoms with Gasteiger partial charge in [0.2, 0.25) is 0 Å². The van der Waals surface area contributed by atoms with E-state index in [9.17, 15) is 4.79 Å². The molecule has 0 aliphatic carbocycles. The monoisotopic (exact) mass is 254 g/mol. The Balaban J connectivity index is 2.62. The molecule has 18 heavy (non-hydrogen) atoms. The van der Waals surface area contributed by atoms with Crippen LogP contribution >= 0.6 is 0 Å². The number of morpholine rings is 1. The topological polar surface area (TPSA) is 32.8 Å². The summed E-state index contributed by atoms with van der Waals surface area (Å²) in [6.07, 6.45) is 1.07. The quantitative estimate of drug-likeness (QED) is 0.700. The van der Waals surface area contributed by atoms with Crippen LogP contribution in [-0.4, -0.2) is 55.1 Å². The highest BCUT2D eigenvalue weighted by molar-refractivity contribution is 5.50. The lowest BCUT2D eigenvalue weighted by Crippen LogP contribution is -2.43. The summed E-state index contributed by atoms with van der Waals surface area (Å²) in [4.78, 5) is 15.5. The number of hydrogen-bond acceptors (Lipinski definition) is 4. The van der Waals surface area contributed by atoms with Crippen molar-refractivity contribution in [2.75, 3.05) is 39.4 Å². The minimum Gasteiger partial charge on any atom is -0.378 e. The summed E-state index contributed by atoms with van der Waals surface area (Å²) in [6, 6.07) is 0. The Labute approximate surface area is 111 Å². The van der Waals surface area contributed by atoms with Gasteiger partial charge in [-0.1, -0.05) is 20.8 Å². The Bertz CT molecular complexity index is 297. The van der Waals surface area contributed by atoms with Crippen molar-refractivity contribution in [1.29, 1.82) is 0 Å². The maximum absolute atomic E-state index is 11.2. The second-order valence-electron chi connectivity index (χ2n) is 5.92. The predicted octanol–water partition coefficient (Wildman–Crippen LogP) is 1.75. The average Bonchev–Trinajstić information content (AvgIpc) is 2.34. The van der Waals surface area contributed by atoms with E-state index >= 15 is 0 Å². The first-order valence-corrected chi connectivity index (χ1v) is 6.80. The molecule has 1 saturated heterocycles. The van der Waals surface area contributed by atoms with E-state index in [-0.39, 0.29) is 5.41 Å². The van der Waals surface area contributed by atoms with Crippen molar-refractivity contribution in [2.24, 2.45) is 5.41 Å². The molecular weight excluding hydrogens is 228 g/mol. The minimum absolute atomic E-state index is 0.284. The van der Waals surface area contributed by atoms with Crippen molar-refractivity contribution in [3.05, 3.63) is 5.82 Å². The van der Waals surface area contributed by atoms with E-state index in [1.807, 2.05) is 0 Å². The predicted molar refractivity (Wildman–Crippen MR) is 72.9 cm³/mol. The van der Waals surface area contributed by atoms with E-state index in [4.69, 9.17) is 4.74 Å². The highest BCUT2D eigenvalue weighted by Gasteiger charge is 2.21. The molecular formula is C14H26N2O2. The normalized spacial score (nSPS) is 16.3. The molecule has 0 aromatic carbocycles. The van der Waals surface area contributed by atoms with Crippen LogP contribution in [0.4, 0.5) is 0 Å². The number of rotatable bonds is 5. The molecule has 0 amide bonds. The molecule has 0 atom stereocenters. The van der Waals surface area contributed by atoms with Gasteiger partial charge < -0.3 is 14.5 Å². The van der Waals surface area contributed by atoms with E-state index in [0.717, 1.165) is 32.6 Å². The van der Waals surface area contributed by atoms with E-state index < -0.39 is 0 Å². The first-order chi connectivity index (χ1) is 8.48. The maximum Gasteiger partial charge on any atom is 0.191 e. The maximum atomic E-state index is 11.2. The van der Waals surface area contributed by atoms with E-state index in [2.05, 4.69) is 43.4 Å². The van der Waals surface area contributed by atoms with Gasteiger partial charge in [-0.15, -0.1) is 0 Å². The summed E-state index contributed by atoms with van der Waals surface area (Å²) in [5, 5.41) is 0. The van der Waals surface area contributed by atoms with Gasteiger partial charge in [-0.05, 0) is 18.8 Å². The fourth-order valence-corrected chi connectivity index (χ4v) is 1.99. The number of carbonyl (C=O) groups excluding carboxylic acids is 1. The standard InChI is InChI=1S/C14H26N2O2/c1-5-15(7-6-14(2,3)4)13(12-17)16-8-10-18-11-9-16/h5-11H2,1-4H3. The largest absolute Gasteiger partial charge is 0.378 e. The molecule has 1 aliphatic heterocycles. The van der Waals surface area contributed by atoms with Gasteiger partial charge in [0.05, 0.1) is 13.2 Å². The molecule has 1 aliphatic rings. The second kappa shape index (κ2) is 6.81. The minimum atomic E-state index is 0.284. The number of hydrogen-bond donors (Lipinski definition) is 0. The third-order valence-corrected chi connectivity index (χ3v) is 3.21. The van der Waals surface area contributed by atoms with Gasteiger partial charge in [0.1, 0.15) is 0 Å². The lowest BCUT2D eigenvalue weighted by Gasteiger charge is -2.36. The molecule has 1 fully saturated rings. The van der Waals surface area contributed by atoms with Crippen LogP contribution in [0, 0.1) is 5.41 Å². The van der Waals surface area contributed by atoms with Gasteiger partial charge in [-0.3, -0.25) is 0 Å². The Morgan fingerprint density at radius 2 is 1.94 bits per heavy atom. The van der Waals surface area contributed by atoms with Crippen LogP contribution < -0.4 is 0 Å². The zero-order valence-electron chi connectivity index (χ0n) is 12.2. The lowest BCUT2D eigenvalue weighted by atomic mass is 9.92. The Hall–Kier alpha value is -0.990. The van der Waals surface area contributed by atoms with Crippen molar-refractivity contribution in [2.45, 2.75) is 34.1 Å². The summed E-state index contributed by atoms with van der Waals surface area (Å²) in [7, 11) is 0. The first kappa shape index (κ1) is 15.1.